The van der Waals surface area contributed by atoms with Crippen LogP contribution in [-0.2, 0) is 9.84 Å². The molecule has 19 heavy (non-hydrogen) atoms. The summed E-state index contributed by atoms with van der Waals surface area (Å²) < 4.78 is 24.8. The van der Waals surface area contributed by atoms with E-state index in [2.05, 4.69) is 0 Å². The lowest BCUT2D eigenvalue weighted by molar-refractivity contribution is 0.457. The zero-order valence-electron chi connectivity index (χ0n) is 10.6. The third kappa shape index (κ3) is 2.42. The molecule has 0 radical (unpaired) electrons. The van der Waals surface area contributed by atoms with Crippen molar-refractivity contribution in [3.05, 3.63) is 47.5 Å². The molecular weight excluding hydrogens is 264 g/mol. The van der Waals surface area contributed by atoms with Crippen LogP contribution in [0.4, 0.5) is 0 Å². The Bertz CT molecular complexity index is 733. The van der Waals surface area contributed by atoms with Gasteiger partial charge in [0, 0.05) is 0 Å². The molecule has 5 heteroatoms. The maximum Gasteiger partial charge on any atom is 0.210 e. The average Bonchev–Trinajstić information content (AvgIpc) is 2.33. The van der Waals surface area contributed by atoms with E-state index in [4.69, 9.17) is 0 Å². The Morgan fingerprint density at radius 1 is 0.947 bits per heavy atom. The Balaban J connectivity index is 2.67. The minimum absolute atomic E-state index is 0.0500. The first-order chi connectivity index (χ1) is 8.82. The summed E-state index contributed by atoms with van der Waals surface area (Å²) in [5.41, 5.74) is 1.59. The van der Waals surface area contributed by atoms with Crippen molar-refractivity contribution in [2.24, 2.45) is 0 Å². The highest BCUT2D eigenvalue weighted by Crippen LogP contribution is 2.31. The lowest BCUT2D eigenvalue weighted by Gasteiger charge is -2.10. The summed E-state index contributed by atoms with van der Waals surface area (Å²) in [5, 5.41) is 19.2. The molecule has 0 amide bonds. The zero-order valence-corrected chi connectivity index (χ0v) is 11.4. The fourth-order valence-electron chi connectivity index (χ4n) is 1.77. The number of aryl methyl sites for hydroxylation is 2. The fraction of sp³-hybridized carbons (Fsp3) is 0.143. The van der Waals surface area contributed by atoms with Crippen LogP contribution >= 0.6 is 0 Å². The van der Waals surface area contributed by atoms with E-state index in [0.717, 1.165) is 17.2 Å². The Kier molecular flexibility index (Phi) is 3.24. The first-order valence-electron chi connectivity index (χ1n) is 5.66. The van der Waals surface area contributed by atoms with E-state index in [0.29, 0.717) is 0 Å². The molecule has 0 saturated carbocycles. The second-order valence-electron chi connectivity index (χ2n) is 4.40. The SMILES string of the molecule is Cc1cc(O)c(S(=O)(=O)c2cccc(O)c2)cc1C. The van der Waals surface area contributed by atoms with Crippen LogP contribution in [-0.4, -0.2) is 18.6 Å². The molecule has 2 aromatic rings. The highest BCUT2D eigenvalue weighted by molar-refractivity contribution is 7.91. The van der Waals surface area contributed by atoms with Crippen LogP contribution in [0.2, 0.25) is 0 Å². The summed E-state index contributed by atoms with van der Waals surface area (Å²) in [6, 6.07) is 8.22. The van der Waals surface area contributed by atoms with E-state index >= 15 is 0 Å². The molecule has 0 aromatic heterocycles. The van der Waals surface area contributed by atoms with E-state index in [1.807, 2.05) is 0 Å². The molecule has 100 valence electrons. The quantitative estimate of drug-likeness (QED) is 0.885. The second kappa shape index (κ2) is 4.59. The summed E-state index contributed by atoms with van der Waals surface area (Å²) in [5.74, 6) is -0.421. The third-order valence-electron chi connectivity index (χ3n) is 2.99. The van der Waals surface area contributed by atoms with Gasteiger partial charge in [-0.1, -0.05) is 6.07 Å². The lowest BCUT2D eigenvalue weighted by Crippen LogP contribution is -2.03. The van der Waals surface area contributed by atoms with Gasteiger partial charge >= 0.3 is 0 Å². The van der Waals surface area contributed by atoms with E-state index < -0.39 is 9.84 Å². The molecule has 0 aliphatic heterocycles. The van der Waals surface area contributed by atoms with Gasteiger partial charge in [0.1, 0.15) is 16.4 Å². The predicted molar refractivity (Wildman–Crippen MR) is 71.1 cm³/mol. The monoisotopic (exact) mass is 278 g/mol. The molecule has 0 heterocycles. The molecule has 2 rings (SSSR count). The number of sulfone groups is 1. The van der Waals surface area contributed by atoms with E-state index in [-0.39, 0.29) is 21.3 Å². The van der Waals surface area contributed by atoms with Crippen LogP contribution in [0, 0.1) is 13.8 Å². The molecule has 4 nitrogen and oxygen atoms in total. The summed E-state index contributed by atoms with van der Waals surface area (Å²) in [4.78, 5) is -0.202. The summed E-state index contributed by atoms with van der Waals surface area (Å²) in [6.07, 6.45) is 0. The molecule has 0 unspecified atom stereocenters. The smallest absolute Gasteiger partial charge is 0.210 e. The topological polar surface area (TPSA) is 74.6 Å². The van der Waals surface area contributed by atoms with Gasteiger partial charge in [-0.15, -0.1) is 0 Å². The molecule has 0 saturated heterocycles. The molecule has 0 atom stereocenters. The Morgan fingerprint density at radius 3 is 2.21 bits per heavy atom. The van der Waals surface area contributed by atoms with Gasteiger partial charge in [0.25, 0.3) is 0 Å². The minimum Gasteiger partial charge on any atom is -0.508 e. The maximum atomic E-state index is 12.4. The van der Waals surface area contributed by atoms with E-state index in [1.54, 1.807) is 13.8 Å². The van der Waals surface area contributed by atoms with Crippen molar-refractivity contribution >= 4 is 9.84 Å². The van der Waals surface area contributed by atoms with Crippen LogP contribution in [0.3, 0.4) is 0 Å². The predicted octanol–water partition coefficient (Wildman–Crippen LogP) is 2.55. The van der Waals surface area contributed by atoms with Crippen molar-refractivity contribution in [1.29, 1.82) is 0 Å². The lowest BCUT2D eigenvalue weighted by atomic mass is 10.1. The van der Waals surface area contributed by atoms with Gasteiger partial charge in [0.05, 0.1) is 4.90 Å². The van der Waals surface area contributed by atoms with Crippen LogP contribution in [0.5, 0.6) is 11.5 Å². The number of hydrogen-bond acceptors (Lipinski definition) is 4. The van der Waals surface area contributed by atoms with Gasteiger partial charge in [-0.2, -0.15) is 0 Å². The molecule has 0 aliphatic carbocycles. The van der Waals surface area contributed by atoms with Gasteiger partial charge in [-0.25, -0.2) is 8.42 Å². The van der Waals surface area contributed by atoms with Crippen molar-refractivity contribution in [3.8, 4) is 11.5 Å². The maximum absolute atomic E-state index is 12.4. The van der Waals surface area contributed by atoms with Crippen LogP contribution < -0.4 is 0 Å². The van der Waals surface area contributed by atoms with Crippen molar-refractivity contribution in [1.82, 2.24) is 0 Å². The molecule has 0 aliphatic rings. The van der Waals surface area contributed by atoms with E-state index in [9.17, 15) is 18.6 Å². The summed E-state index contributed by atoms with van der Waals surface area (Å²) in [7, 11) is -3.84. The largest absolute Gasteiger partial charge is 0.508 e. The van der Waals surface area contributed by atoms with Gasteiger partial charge < -0.3 is 10.2 Å². The standard InChI is InChI=1S/C14H14O4S/c1-9-6-13(16)14(7-10(9)2)19(17,18)12-5-3-4-11(15)8-12/h3-8,15-16H,1-2H3. The Morgan fingerprint density at radius 2 is 1.58 bits per heavy atom. The fourth-order valence-corrected chi connectivity index (χ4v) is 3.22. The van der Waals surface area contributed by atoms with Crippen LogP contribution in [0.15, 0.2) is 46.2 Å². The third-order valence-corrected chi connectivity index (χ3v) is 4.77. The van der Waals surface area contributed by atoms with Crippen molar-refractivity contribution < 1.29 is 18.6 Å². The Hall–Kier alpha value is -2.01. The zero-order chi connectivity index (χ0) is 14.2. The minimum atomic E-state index is -3.84. The molecule has 2 N–H and O–H groups in total. The number of phenols is 2. The number of benzene rings is 2. The Labute approximate surface area is 111 Å². The highest BCUT2D eigenvalue weighted by atomic mass is 32.2. The van der Waals surface area contributed by atoms with Crippen LogP contribution in [0.25, 0.3) is 0 Å². The normalized spacial score (nSPS) is 11.5. The second-order valence-corrected chi connectivity index (χ2v) is 6.32. The van der Waals surface area contributed by atoms with Crippen molar-refractivity contribution in [2.45, 2.75) is 23.6 Å². The number of hydrogen-bond donors (Lipinski definition) is 2. The summed E-state index contributed by atoms with van der Waals surface area (Å²) in [6.45, 7) is 3.57. The van der Waals surface area contributed by atoms with Gasteiger partial charge in [-0.05, 0) is 55.3 Å². The first kappa shape index (κ1) is 13.4. The molecule has 2 aromatic carbocycles. The van der Waals surface area contributed by atoms with Crippen molar-refractivity contribution in [3.63, 3.8) is 0 Å². The summed E-state index contributed by atoms with van der Waals surface area (Å²) >= 11 is 0. The molecule has 0 fully saturated rings. The molecule has 0 bridgehead atoms. The number of rotatable bonds is 2. The van der Waals surface area contributed by atoms with Gasteiger partial charge in [0.2, 0.25) is 9.84 Å². The van der Waals surface area contributed by atoms with Crippen molar-refractivity contribution in [2.75, 3.05) is 0 Å². The number of phenolic OH excluding ortho intramolecular Hbond substituents is 2. The highest BCUT2D eigenvalue weighted by Gasteiger charge is 2.22. The number of aromatic hydroxyl groups is 2. The van der Waals surface area contributed by atoms with Crippen LogP contribution in [0.1, 0.15) is 11.1 Å². The molecule has 0 spiro atoms. The van der Waals surface area contributed by atoms with Gasteiger partial charge in [-0.3, -0.25) is 0 Å². The van der Waals surface area contributed by atoms with E-state index in [1.165, 1.54) is 30.3 Å². The first-order valence-corrected chi connectivity index (χ1v) is 7.15. The average molecular weight is 278 g/mol. The van der Waals surface area contributed by atoms with Gasteiger partial charge in [0.15, 0.2) is 0 Å². The molecular formula is C14H14O4S.